The van der Waals surface area contributed by atoms with Gasteiger partial charge in [-0.25, -0.2) is 9.38 Å². The molecule has 0 saturated heterocycles. The van der Waals surface area contributed by atoms with E-state index in [9.17, 15) is 4.39 Å². The molecule has 5 nitrogen and oxygen atoms in total. The van der Waals surface area contributed by atoms with Crippen LogP contribution in [0.1, 0.15) is 5.56 Å². The Hall–Kier alpha value is -2.89. The minimum absolute atomic E-state index is 0.0615. The first-order valence-corrected chi connectivity index (χ1v) is 6.93. The molecule has 0 unspecified atom stereocenters. The fourth-order valence-corrected chi connectivity index (χ4v) is 2.54. The van der Waals surface area contributed by atoms with Crippen LogP contribution in [0, 0.1) is 5.82 Å². The minimum atomic E-state index is -0.455. The maximum Gasteiger partial charge on any atom is 0.146 e. The first kappa shape index (κ1) is 12.8. The highest BCUT2D eigenvalue weighted by Gasteiger charge is 2.23. The van der Waals surface area contributed by atoms with Crippen molar-refractivity contribution < 1.29 is 9.13 Å². The number of rotatable bonds is 2. The van der Waals surface area contributed by atoms with Gasteiger partial charge >= 0.3 is 0 Å². The van der Waals surface area contributed by atoms with Crippen molar-refractivity contribution in [2.24, 2.45) is 9.98 Å². The first-order valence-electron chi connectivity index (χ1n) is 6.93. The second-order valence-electron chi connectivity index (χ2n) is 5.11. The third-order valence-corrected chi connectivity index (χ3v) is 3.62. The van der Waals surface area contributed by atoms with Gasteiger partial charge in [0, 0.05) is 18.2 Å². The molecule has 2 aliphatic heterocycles. The monoisotopic (exact) mass is 296 g/mol. The van der Waals surface area contributed by atoms with E-state index in [1.807, 2.05) is 23.1 Å². The highest BCUT2D eigenvalue weighted by Crippen LogP contribution is 2.32. The number of nitrogens with two attached hydrogens (primary N) is 1. The summed E-state index contributed by atoms with van der Waals surface area (Å²) in [5.74, 6) is 1.58. The fraction of sp³-hybridized carbons (Fsp3) is 0.125. The lowest BCUT2D eigenvalue weighted by Gasteiger charge is -2.21. The number of nitrogen functional groups attached to an aromatic ring is 1. The Morgan fingerprint density at radius 2 is 1.95 bits per heavy atom. The van der Waals surface area contributed by atoms with Gasteiger partial charge in [-0.2, -0.15) is 0 Å². The van der Waals surface area contributed by atoms with Crippen molar-refractivity contribution in [2.45, 2.75) is 0 Å². The lowest BCUT2D eigenvalue weighted by molar-refractivity contribution is 0.481. The molecule has 2 N–H and O–H groups in total. The van der Waals surface area contributed by atoms with E-state index < -0.39 is 5.82 Å². The van der Waals surface area contributed by atoms with Crippen molar-refractivity contribution in [2.75, 3.05) is 18.8 Å². The first-order chi connectivity index (χ1) is 10.7. The third-order valence-electron chi connectivity index (χ3n) is 3.62. The van der Waals surface area contributed by atoms with Gasteiger partial charge in [0.1, 0.15) is 23.2 Å². The van der Waals surface area contributed by atoms with Crippen LogP contribution in [0.5, 0.6) is 11.5 Å². The normalized spacial score (nSPS) is 15.3. The topological polar surface area (TPSA) is 63.2 Å². The molecule has 6 heteroatoms. The van der Waals surface area contributed by atoms with Crippen molar-refractivity contribution in [3.05, 3.63) is 47.8 Å². The van der Waals surface area contributed by atoms with Gasteiger partial charge in [-0.05, 0) is 30.3 Å². The van der Waals surface area contributed by atoms with E-state index in [4.69, 9.17) is 10.5 Å². The lowest BCUT2D eigenvalue weighted by atomic mass is 10.1. The number of ether oxygens (including phenoxy) is 1. The number of fused-ring (bicyclic) bond motifs is 3. The maximum absolute atomic E-state index is 13.2. The highest BCUT2D eigenvalue weighted by molar-refractivity contribution is 6.11. The predicted molar refractivity (Wildman–Crippen MR) is 83.6 cm³/mol. The standard InChI is InChI=1S/C16H13FN4O/c17-13-3-1-11(8-14(13)18)22-10-2-4-15-12(7-10)16-19-5-6-21(16)9-20-15/h1-4,7-9H,5-6,18H2. The van der Waals surface area contributed by atoms with Gasteiger partial charge in [-0.1, -0.05) is 0 Å². The summed E-state index contributed by atoms with van der Waals surface area (Å²) >= 11 is 0. The number of aliphatic imine (C=N–C) groups is 2. The van der Waals surface area contributed by atoms with Crippen LogP contribution in [-0.4, -0.2) is 30.2 Å². The van der Waals surface area contributed by atoms with Gasteiger partial charge in [0.2, 0.25) is 0 Å². The molecule has 0 aliphatic carbocycles. The van der Waals surface area contributed by atoms with Crippen LogP contribution < -0.4 is 10.5 Å². The molecule has 0 saturated carbocycles. The number of benzene rings is 2. The van der Waals surface area contributed by atoms with Gasteiger partial charge in [0.15, 0.2) is 0 Å². The van der Waals surface area contributed by atoms with E-state index in [0.29, 0.717) is 11.5 Å². The van der Waals surface area contributed by atoms with Gasteiger partial charge in [-0.15, -0.1) is 0 Å². The summed E-state index contributed by atoms with van der Waals surface area (Å²) in [4.78, 5) is 10.9. The zero-order valence-corrected chi connectivity index (χ0v) is 11.7. The number of halogens is 1. The number of amidine groups is 1. The summed E-state index contributed by atoms with van der Waals surface area (Å²) in [7, 11) is 0. The molecule has 2 heterocycles. The van der Waals surface area contributed by atoms with Crippen molar-refractivity contribution >= 4 is 23.5 Å². The maximum atomic E-state index is 13.2. The van der Waals surface area contributed by atoms with E-state index in [1.165, 1.54) is 12.1 Å². The molecule has 22 heavy (non-hydrogen) atoms. The minimum Gasteiger partial charge on any atom is -0.457 e. The van der Waals surface area contributed by atoms with Crippen LogP contribution in [0.15, 0.2) is 46.4 Å². The van der Waals surface area contributed by atoms with Crippen molar-refractivity contribution in [3.63, 3.8) is 0 Å². The van der Waals surface area contributed by atoms with E-state index in [0.717, 1.165) is 30.2 Å². The molecule has 110 valence electrons. The zero-order valence-electron chi connectivity index (χ0n) is 11.7. The van der Waals surface area contributed by atoms with Crippen LogP contribution in [0.2, 0.25) is 0 Å². The molecule has 0 fully saturated rings. The van der Waals surface area contributed by atoms with Crippen molar-refractivity contribution in [1.82, 2.24) is 4.90 Å². The molecule has 2 aromatic carbocycles. The highest BCUT2D eigenvalue weighted by atomic mass is 19.1. The van der Waals surface area contributed by atoms with Gasteiger partial charge < -0.3 is 15.4 Å². The van der Waals surface area contributed by atoms with Crippen molar-refractivity contribution in [3.8, 4) is 11.5 Å². The second kappa shape index (κ2) is 4.84. The van der Waals surface area contributed by atoms with Crippen LogP contribution in [-0.2, 0) is 0 Å². The summed E-state index contributed by atoms with van der Waals surface area (Å²) in [6.07, 6.45) is 1.80. The van der Waals surface area contributed by atoms with Crippen LogP contribution in [0.25, 0.3) is 0 Å². The van der Waals surface area contributed by atoms with Gasteiger partial charge in [0.05, 0.1) is 24.3 Å². The second-order valence-corrected chi connectivity index (χ2v) is 5.11. The summed E-state index contributed by atoms with van der Waals surface area (Å²) in [6, 6.07) is 9.89. The summed E-state index contributed by atoms with van der Waals surface area (Å²) in [5, 5.41) is 0. The molecule has 0 bridgehead atoms. The average Bonchev–Trinajstić information content (AvgIpc) is 3.00. The molecule has 0 radical (unpaired) electrons. The van der Waals surface area contributed by atoms with E-state index >= 15 is 0 Å². The molecule has 0 amide bonds. The van der Waals surface area contributed by atoms with Crippen LogP contribution in [0.3, 0.4) is 0 Å². The Kier molecular flexibility index (Phi) is 2.82. The zero-order chi connectivity index (χ0) is 15.1. The fourth-order valence-electron chi connectivity index (χ4n) is 2.54. The Labute approximate surface area is 126 Å². The summed E-state index contributed by atoms with van der Waals surface area (Å²) in [5.41, 5.74) is 7.42. The lowest BCUT2D eigenvalue weighted by Crippen LogP contribution is -2.29. The Morgan fingerprint density at radius 1 is 1.14 bits per heavy atom. The molecule has 2 aromatic rings. The van der Waals surface area contributed by atoms with Gasteiger partial charge in [-0.3, -0.25) is 4.99 Å². The van der Waals surface area contributed by atoms with E-state index in [2.05, 4.69) is 9.98 Å². The Balaban J connectivity index is 1.68. The summed E-state index contributed by atoms with van der Waals surface area (Å²) < 4.78 is 18.9. The quantitative estimate of drug-likeness (QED) is 0.867. The van der Waals surface area contributed by atoms with E-state index in [1.54, 1.807) is 12.4 Å². The molecule has 0 spiro atoms. The van der Waals surface area contributed by atoms with E-state index in [-0.39, 0.29) is 5.69 Å². The van der Waals surface area contributed by atoms with Crippen LogP contribution in [0.4, 0.5) is 15.8 Å². The number of nitrogens with zero attached hydrogens (tertiary/aromatic N) is 3. The number of hydrogen-bond acceptors (Lipinski definition) is 5. The van der Waals surface area contributed by atoms with Gasteiger partial charge in [0.25, 0.3) is 0 Å². The molecular weight excluding hydrogens is 283 g/mol. The number of hydrogen-bond donors (Lipinski definition) is 1. The van der Waals surface area contributed by atoms with Crippen LogP contribution >= 0.6 is 0 Å². The Morgan fingerprint density at radius 3 is 2.82 bits per heavy atom. The molecule has 0 atom stereocenters. The number of anilines is 1. The molecular formula is C16H13FN4O. The predicted octanol–water partition coefficient (Wildman–Crippen LogP) is 2.94. The summed E-state index contributed by atoms with van der Waals surface area (Å²) in [6.45, 7) is 1.61. The van der Waals surface area contributed by atoms with Crippen molar-refractivity contribution in [1.29, 1.82) is 0 Å². The average molecular weight is 296 g/mol. The SMILES string of the molecule is Nc1cc(Oc2ccc3c(c2)C2=NCCN2C=N3)ccc1F. The third kappa shape index (κ3) is 2.09. The molecule has 0 aromatic heterocycles. The molecule has 2 aliphatic rings. The largest absolute Gasteiger partial charge is 0.457 e. The Bertz CT molecular complexity index is 816. The molecule has 4 rings (SSSR count). The smallest absolute Gasteiger partial charge is 0.146 e.